The number of hydrogen-bond donors (Lipinski definition) is 1. The van der Waals surface area contributed by atoms with Gasteiger partial charge in [-0.15, -0.1) is 0 Å². The Kier molecular flexibility index (Phi) is 4.83. The summed E-state index contributed by atoms with van der Waals surface area (Å²) >= 11 is 0. The van der Waals surface area contributed by atoms with Crippen LogP contribution in [0.1, 0.15) is 56.3 Å². The molecule has 0 saturated carbocycles. The third kappa shape index (κ3) is 3.35. The third-order valence-electron chi connectivity index (χ3n) is 2.76. The van der Waals surface area contributed by atoms with Gasteiger partial charge >= 0.3 is 0 Å². The molecule has 1 aromatic carbocycles. The topological polar surface area (TPSA) is 26.0 Å². The van der Waals surface area contributed by atoms with Gasteiger partial charge < -0.3 is 5.73 Å². The lowest BCUT2D eigenvalue weighted by Crippen LogP contribution is -2.08. The summed E-state index contributed by atoms with van der Waals surface area (Å²) in [5.74, 6) is 0. The van der Waals surface area contributed by atoms with E-state index < -0.39 is 0 Å². The van der Waals surface area contributed by atoms with Crippen LogP contribution in [0, 0.1) is 0 Å². The van der Waals surface area contributed by atoms with Gasteiger partial charge in [-0.1, -0.05) is 44.9 Å². The average Bonchev–Trinajstić information content (AvgIpc) is 2.18. The van der Waals surface area contributed by atoms with E-state index in [0.29, 0.717) is 0 Å². The number of aryl methyl sites for hydroxylation is 2. The molecule has 0 fully saturated rings. The van der Waals surface area contributed by atoms with E-state index in [1.165, 1.54) is 36.0 Å². The van der Waals surface area contributed by atoms with E-state index in [1.807, 2.05) is 0 Å². The number of rotatable bonds is 5. The molecule has 84 valence electrons. The molecule has 15 heavy (non-hydrogen) atoms. The van der Waals surface area contributed by atoms with Crippen molar-refractivity contribution in [2.75, 3.05) is 0 Å². The van der Waals surface area contributed by atoms with E-state index in [4.69, 9.17) is 5.73 Å². The quantitative estimate of drug-likeness (QED) is 0.780. The van der Waals surface area contributed by atoms with Crippen LogP contribution in [0.2, 0.25) is 0 Å². The van der Waals surface area contributed by atoms with E-state index in [2.05, 4.69) is 39.0 Å². The molecule has 0 saturated heterocycles. The Balaban J connectivity index is 2.97. The SMILES string of the molecule is CCCc1ccc(C(C)N)c(CCC)c1. The maximum atomic E-state index is 5.97. The van der Waals surface area contributed by atoms with E-state index in [1.54, 1.807) is 0 Å². The van der Waals surface area contributed by atoms with Gasteiger partial charge in [-0.05, 0) is 36.5 Å². The molecule has 0 spiro atoms. The van der Waals surface area contributed by atoms with E-state index in [0.717, 1.165) is 6.42 Å². The van der Waals surface area contributed by atoms with Crippen molar-refractivity contribution in [2.45, 2.75) is 52.5 Å². The van der Waals surface area contributed by atoms with Crippen molar-refractivity contribution < 1.29 is 0 Å². The van der Waals surface area contributed by atoms with Crippen LogP contribution in [0.3, 0.4) is 0 Å². The van der Waals surface area contributed by atoms with Gasteiger partial charge in [0.05, 0.1) is 0 Å². The lowest BCUT2D eigenvalue weighted by atomic mass is 9.95. The molecule has 0 aliphatic rings. The Morgan fingerprint density at radius 1 is 1.13 bits per heavy atom. The molecular formula is C14H23N. The van der Waals surface area contributed by atoms with Crippen LogP contribution >= 0.6 is 0 Å². The molecule has 0 aliphatic heterocycles. The second-order valence-electron chi connectivity index (χ2n) is 4.32. The van der Waals surface area contributed by atoms with Gasteiger partial charge in [0.2, 0.25) is 0 Å². The summed E-state index contributed by atoms with van der Waals surface area (Å²) in [4.78, 5) is 0. The minimum atomic E-state index is 0.155. The van der Waals surface area contributed by atoms with Gasteiger partial charge in [-0.25, -0.2) is 0 Å². The molecule has 1 aromatic rings. The van der Waals surface area contributed by atoms with Gasteiger partial charge in [0, 0.05) is 6.04 Å². The van der Waals surface area contributed by atoms with Gasteiger partial charge in [0.25, 0.3) is 0 Å². The molecule has 1 atom stereocenters. The zero-order valence-corrected chi connectivity index (χ0v) is 10.2. The summed E-state index contributed by atoms with van der Waals surface area (Å²) < 4.78 is 0. The van der Waals surface area contributed by atoms with Crippen LogP contribution in [-0.4, -0.2) is 0 Å². The zero-order valence-electron chi connectivity index (χ0n) is 10.2. The Bertz CT molecular complexity index is 302. The smallest absolute Gasteiger partial charge is 0.0268 e. The van der Waals surface area contributed by atoms with Crippen molar-refractivity contribution in [3.8, 4) is 0 Å². The van der Waals surface area contributed by atoms with E-state index in [9.17, 15) is 0 Å². The molecule has 1 unspecified atom stereocenters. The fourth-order valence-corrected chi connectivity index (χ4v) is 2.03. The molecule has 0 amide bonds. The highest BCUT2D eigenvalue weighted by Gasteiger charge is 2.06. The van der Waals surface area contributed by atoms with E-state index >= 15 is 0 Å². The summed E-state index contributed by atoms with van der Waals surface area (Å²) in [6.45, 7) is 6.50. The number of benzene rings is 1. The molecular weight excluding hydrogens is 182 g/mol. The highest BCUT2D eigenvalue weighted by Crippen LogP contribution is 2.20. The minimum absolute atomic E-state index is 0.155. The molecule has 1 heteroatoms. The van der Waals surface area contributed by atoms with Crippen molar-refractivity contribution in [1.29, 1.82) is 0 Å². The van der Waals surface area contributed by atoms with Crippen molar-refractivity contribution in [3.05, 3.63) is 34.9 Å². The summed E-state index contributed by atoms with van der Waals surface area (Å²) in [5, 5.41) is 0. The third-order valence-corrected chi connectivity index (χ3v) is 2.76. The first-order valence-corrected chi connectivity index (χ1v) is 6.06. The fraction of sp³-hybridized carbons (Fsp3) is 0.571. The molecule has 0 aliphatic carbocycles. The second kappa shape index (κ2) is 5.92. The van der Waals surface area contributed by atoms with Gasteiger partial charge in [0.1, 0.15) is 0 Å². The zero-order chi connectivity index (χ0) is 11.3. The van der Waals surface area contributed by atoms with Crippen LogP contribution in [0.15, 0.2) is 18.2 Å². The monoisotopic (exact) mass is 205 g/mol. The van der Waals surface area contributed by atoms with Crippen LogP contribution in [0.4, 0.5) is 0 Å². The van der Waals surface area contributed by atoms with Crippen molar-refractivity contribution in [1.82, 2.24) is 0 Å². The normalized spacial score (nSPS) is 12.8. The van der Waals surface area contributed by atoms with Crippen LogP contribution in [0.5, 0.6) is 0 Å². The summed E-state index contributed by atoms with van der Waals surface area (Å²) in [6, 6.07) is 6.93. The van der Waals surface area contributed by atoms with Crippen molar-refractivity contribution in [3.63, 3.8) is 0 Å². The van der Waals surface area contributed by atoms with Gasteiger partial charge in [0.15, 0.2) is 0 Å². The van der Waals surface area contributed by atoms with Gasteiger partial charge in [-0.2, -0.15) is 0 Å². The van der Waals surface area contributed by atoms with Crippen molar-refractivity contribution in [2.24, 2.45) is 5.73 Å². The molecule has 0 heterocycles. The molecule has 2 N–H and O–H groups in total. The van der Waals surface area contributed by atoms with E-state index in [-0.39, 0.29) is 6.04 Å². The Morgan fingerprint density at radius 2 is 1.80 bits per heavy atom. The van der Waals surface area contributed by atoms with Crippen LogP contribution in [0.25, 0.3) is 0 Å². The summed E-state index contributed by atoms with van der Waals surface area (Å²) in [7, 11) is 0. The first kappa shape index (κ1) is 12.3. The largest absolute Gasteiger partial charge is 0.324 e. The Hall–Kier alpha value is -0.820. The molecule has 0 radical (unpaired) electrons. The second-order valence-corrected chi connectivity index (χ2v) is 4.32. The molecule has 1 rings (SSSR count). The molecule has 0 aromatic heterocycles. The Labute approximate surface area is 93.7 Å². The maximum Gasteiger partial charge on any atom is 0.0268 e. The lowest BCUT2D eigenvalue weighted by molar-refractivity contribution is 0.783. The highest BCUT2D eigenvalue weighted by molar-refractivity contribution is 5.34. The molecule has 1 nitrogen and oxygen atoms in total. The molecule has 0 bridgehead atoms. The number of nitrogens with two attached hydrogens (primary N) is 1. The fourth-order valence-electron chi connectivity index (χ4n) is 2.03. The first-order chi connectivity index (χ1) is 7.19. The van der Waals surface area contributed by atoms with Crippen molar-refractivity contribution >= 4 is 0 Å². The Morgan fingerprint density at radius 3 is 2.33 bits per heavy atom. The first-order valence-electron chi connectivity index (χ1n) is 6.06. The highest BCUT2D eigenvalue weighted by atomic mass is 14.6. The van der Waals surface area contributed by atoms with Crippen LogP contribution < -0.4 is 5.73 Å². The summed E-state index contributed by atoms with van der Waals surface area (Å²) in [6.07, 6.45) is 4.72. The number of hydrogen-bond acceptors (Lipinski definition) is 1. The van der Waals surface area contributed by atoms with Crippen LogP contribution in [-0.2, 0) is 12.8 Å². The predicted octanol–water partition coefficient (Wildman–Crippen LogP) is 3.61. The maximum absolute atomic E-state index is 5.97. The predicted molar refractivity (Wildman–Crippen MR) is 67.0 cm³/mol. The average molecular weight is 205 g/mol. The standard InChI is InChI=1S/C14H23N/c1-4-6-12-8-9-14(11(3)15)13(10-12)7-5-2/h8-11H,4-7,15H2,1-3H3. The minimum Gasteiger partial charge on any atom is -0.324 e. The summed E-state index contributed by atoms with van der Waals surface area (Å²) in [5.41, 5.74) is 10.2. The van der Waals surface area contributed by atoms with Gasteiger partial charge in [-0.3, -0.25) is 0 Å². The lowest BCUT2D eigenvalue weighted by Gasteiger charge is -2.14.